The van der Waals surface area contributed by atoms with Crippen LogP contribution in [0.4, 0.5) is 0 Å². The molecule has 0 bridgehead atoms. The maximum Gasteiger partial charge on any atom is 0.147 e. The monoisotopic (exact) mass is 282 g/mol. The van der Waals surface area contributed by atoms with E-state index in [2.05, 4.69) is 0 Å². The van der Waals surface area contributed by atoms with Gasteiger partial charge in [0.25, 0.3) is 0 Å². The third-order valence-electron chi connectivity index (χ3n) is 2.48. The van der Waals surface area contributed by atoms with Gasteiger partial charge in [0, 0.05) is 16.7 Å². The van der Waals surface area contributed by atoms with Gasteiger partial charge in [-0.3, -0.25) is 0 Å². The van der Waals surface area contributed by atoms with Crippen LogP contribution in [0.25, 0.3) is 0 Å². The minimum absolute atomic E-state index is 0.470. The van der Waals surface area contributed by atoms with Crippen LogP contribution in [-0.4, -0.2) is 5.11 Å². The molecule has 2 nitrogen and oxygen atoms in total. The second kappa shape index (κ2) is 5.61. The van der Waals surface area contributed by atoms with E-state index < -0.39 is 6.10 Å². The van der Waals surface area contributed by atoms with Gasteiger partial charge < -0.3 is 9.84 Å². The zero-order valence-electron chi connectivity index (χ0n) is 9.73. The van der Waals surface area contributed by atoms with Crippen LogP contribution >= 0.6 is 23.2 Å². The molecule has 1 atom stereocenters. The summed E-state index contributed by atoms with van der Waals surface area (Å²) < 4.78 is 5.71. The Morgan fingerprint density at radius 2 is 1.78 bits per heavy atom. The van der Waals surface area contributed by atoms with Crippen LogP contribution in [0, 0.1) is 0 Å². The third kappa shape index (κ3) is 2.96. The maximum absolute atomic E-state index is 9.67. The molecule has 0 aliphatic heterocycles. The maximum atomic E-state index is 9.67. The van der Waals surface area contributed by atoms with Gasteiger partial charge in [-0.2, -0.15) is 0 Å². The van der Waals surface area contributed by atoms with Crippen molar-refractivity contribution in [2.45, 2.75) is 13.0 Å². The van der Waals surface area contributed by atoms with Gasteiger partial charge >= 0.3 is 0 Å². The number of benzene rings is 2. The molecule has 0 spiro atoms. The number of halogens is 2. The van der Waals surface area contributed by atoms with Gasteiger partial charge in [0.05, 0.1) is 11.1 Å². The summed E-state index contributed by atoms with van der Waals surface area (Å²) in [7, 11) is 0. The van der Waals surface area contributed by atoms with Gasteiger partial charge in [0.2, 0.25) is 0 Å². The van der Waals surface area contributed by atoms with Gasteiger partial charge in [-0.15, -0.1) is 0 Å². The minimum atomic E-state index is -0.612. The summed E-state index contributed by atoms with van der Waals surface area (Å²) >= 11 is 11.9. The lowest BCUT2D eigenvalue weighted by Crippen LogP contribution is -1.96. The smallest absolute Gasteiger partial charge is 0.147 e. The zero-order chi connectivity index (χ0) is 13.1. The highest BCUT2D eigenvalue weighted by molar-refractivity contribution is 6.34. The Labute approximate surface area is 116 Å². The predicted molar refractivity (Wildman–Crippen MR) is 73.6 cm³/mol. The van der Waals surface area contributed by atoms with E-state index in [-0.39, 0.29) is 0 Å². The Morgan fingerprint density at radius 3 is 2.50 bits per heavy atom. The van der Waals surface area contributed by atoms with Crippen LogP contribution in [-0.2, 0) is 0 Å². The number of hydrogen-bond donors (Lipinski definition) is 1. The van der Waals surface area contributed by atoms with Crippen molar-refractivity contribution in [2.75, 3.05) is 0 Å². The van der Waals surface area contributed by atoms with Gasteiger partial charge in [0.15, 0.2) is 0 Å². The highest BCUT2D eigenvalue weighted by Gasteiger charge is 2.11. The van der Waals surface area contributed by atoms with E-state index in [9.17, 15) is 5.11 Å². The first-order valence-corrected chi connectivity index (χ1v) is 6.23. The molecule has 4 heteroatoms. The van der Waals surface area contributed by atoms with E-state index in [1.807, 2.05) is 12.1 Å². The summed E-state index contributed by atoms with van der Waals surface area (Å²) in [5.74, 6) is 1.04. The average molecular weight is 283 g/mol. The highest BCUT2D eigenvalue weighted by atomic mass is 35.5. The van der Waals surface area contributed by atoms with Gasteiger partial charge in [-0.1, -0.05) is 41.4 Å². The van der Waals surface area contributed by atoms with E-state index in [0.717, 1.165) is 0 Å². The van der Waals surface area contributed by atoms with Crippen molar-refractivity contribution in [1.82, 2.24) is 0 Å². The van der Waals surface area contributed by atoms with Crippen LogP contribution in [0.2, 0.25) is 10.0 Å². The molecule has 0 aromatic heterocycles. The van der Waals surface area contributed by atoms with Gasteiger partial charge in [-0.05, 0) is 25.1 Å². The van der Waals surface area contributed by atoms with E-state index in [0.29, 0.717) is 27.1 Å². The van der Waals surface area contributed by atoms with Crippen molar-refractivity contribution in [1.29, 1.82) is 0 Å². The number of para-hydroxylation sites is 1. The Balaban J connectivity index is 2.37. The quantitative estimate of drug-likeness (QED) is 0.873. The molecule has 2 rings (SSSR count). The summed E-state index contributed by atoms with van der Waals surface area (Å²) in [5, 5.41) is 10.7. The number of aliphatic hydroxyl groups is 1. The molecular weight excluding hydrogens is 271 g/mol. The number of rotatable bonds is 3. The fourth-order valence-electron chi connectivity index (χ4n) is 1.59. The fourth-order valence-corrected chi connectivity index (χ4v) is 1.91. The Morgan fingerprint density at radius 1 is 1.06 bits per heavy atom. The van der Waals surface area contributed by atoms with Crippen LogP contribution in [0.3, 0.4) is 0 Å². The second-order valence-corrected chi connectivity index (χ2v) is 4.73. The van der Waals surface area contributed by atoms with Gasteiger partial charge in [0.1, 0.15) is 11.5 Å². The summed E-state index contributed by atoms with van der Waals surface area (Å²) in [6, 6.07) is 12.3. The normalized spacial score (nSPS) is 12.2. The average Bonchev–Trinajstić information content (AvgIpc) is 2.34. The molecular formula is C14H12Cl2O2. The molecule has 0 aliphatic carbocycles. The Bertz CT molecular complexity index is 553. The molecule has 0 aliphatic rings. The molecule has 0 amide bonds. The molecule has 1 N–H and O–H groups in total. The van der Waals surface area contributed by atoms with E-state index in [1.54, 1.807) is 37.3 Å². The second-order valence-electron chi connectivity index (χ2n) is 3.89. The van der Waals surface area contributed by atoms with E-state index in [1.165, 1.54) is 0 Å². The molecule has 2 aromatic carbocycles. The number of hydrogen-bond acceptors (Lipinski definition) is 2. The lowest BCUT2D eigenvalue weighted by molar-refractivity contribution is 0.195. The van der Waals surface area contributed by atoms with Gasteiger partial charge in [-0.25, -0.2) is 0 Å². The van der Waals surface area contributed by atoms with Crippen molar-refractivity contribution in [3.8, 4) is 11.5 Å². The molecule has 0 radical (unpaired) electrons. The highest BCUT2D eigenvalue weighted by Crippen LogP contribution is 2.34. The first-order valence-electron chi connectivity index (χ1n) is 5.48. The zero-order valence-corrected chi connectivity index (χ0v) is 11.2. The lowest BCUT2D eigenvalue weighted by Gasteiger charge is -2.13. The molecule has 0 unspecified atom stereocenters. The predicted octanol–water partition coefficient (Wildman–Crippen LogP) is 4.84. The van der Waals surface area contributed by atoms with Crippen LogP contribution in [0.1, 0.15) is 18.6 Å². The van der Waals surface area contributed by atoms with Crippen LogP contribution in [0.15, 0.2) is 42.5 Å². The molecule has 2 aromatic rings. The molecule has 0 saturated carbocycles. The van der Waals surface area contributed by atoms with Crippen molar-refractivity contribution in [3.63, 3.8) is 0 Å². The minimum Gasteiger partial charge on any atom is -0.455 e. The summed E-state index contributed by atoms with van der Waals surface area (Å²) in [6.45, 7) is 1.68. The van der Waals surface area contributed by atoms with E-state index in [4.69, 9.17) is 27.9 Å². The summed E-state index contributed by atoms with van der Waals surface area (Å²) in [5.41, 5.74) is 0.702. The van der Waals surface area contributed by atoms with Crippen molar-refractivity contribution >= 4 is 23.2 Å². The number of aliphatic hydroxyl groups excluding tert-OH is 1. The molecule has 0 heterocycles. The largest absolute Gasteiger partial charge is 0.455 e. The molecule has 94 valence electrons. The van der Waals surface area contributed by atoms with Crippen molar-refractivity contribution < 1.29 is 9.84 Å². The molecule has 0 saturated heterocycles. The molecule has 0 fully saturated rings. The first kappa shape index (κ1) is 13.2. The van der Waals surface area contributed by atoms with Crippen LogP contribution < -0.4 is 4.74 Å². The third-order valence-corrected chi connectivity index (χ3v) is 3.03. The van der Waals surface area contributed by atoms with Crippen molar-refractivity contribution in [2.24, 2.45) is 0 Å². The number of ether oxygens (including phenoxy) is 1. The standard InChI is InChI=1S/C14H12Cl2O2/c1-9(17)11-4-2-3-5-13(11)18-14-8-10(15)6-7-12(14)16/h2-9,17H,1H3/t9-/m1/s1. The van der Waals surface area contributed by atoms with Crippen LogP contribution in [0.5, 0.6) is 11.5 Å². The SMILES string of the molecule is C[C@@H](O)c1ccccc1Oc1cc(Cl)ccc1Cl. The van der Waals surface area contributed by atoms with E-state index >= 15 is 0 Å². The Kier molecular flexibility index (Phi) is 4.12. The topological polar surface area (TPSA) is 29.5 Å². The fraction of sp³-hybridized carbons (Fsp3) is 0.143. The molecule has 18 heavy (non-hydrogen) atoms. The first-order chi connectivity index (χ1) is 8.58. The summed E-state index contributed by atoms with van der Waals surface area (Å²) in [4.78, 5) is 0. The lowest BCUT2D eigenvalue weighted by atomic mass is 10.1. The van der Waals surface area contributed by atoms with Crippen molar-refractivity contribution in [3.05, 3.63) is 58.1 Å². The summed E-state index contributed by atoms with van der Waals surface area (Å²) in [6.07, 6.45) is -0.612. The Hall–Kier alpha value is -1.22.